The van der Waals surface area contributed by atoms with Gasteiger partial charge in [-0.05, 0) is 12.8 Å². The van der Waals surface area contributed by atoms with E-state index in [1.165, 1.54) is 0 Å². The van der Waals surface area contributed by atoms with E-state index in [0.717, 1.165) is 25.7 Å². The lowest BCUT2D eigenvalue weighted by Gasteiger charge is -2.14. The van der Waals surface area contributed by atoms with Gasteiger partial charge in [0.25, 0.3) is 0 Å². The molecule has 0 N–H and O–H groups in total. The lowest BCUT2D eigenvalue weighted by Crippen LogP contribution is -2.14. The third-order valence-electron chi connectivity index (χ3n) is 2.24. The first kappa shape index (κ1) is 11.0. The molecule has 0 saturated heterocycles. The molecule has 0 aromatic carbocycles. The summed E-state index contributed by atoms with van der Waals surface area (Å²) < 4.78 is 0. The van der Waals surface area contributed by atoms with Gasteiger partial charge in [0.05, 0.1) is 12.1 Å². The minimum absolute atomic E-state index is 0.643. The lowest BCUT2D eigenvalue weighted by atomic mass is 9.83. The molecule has 0 spiro atoms. The van der Waals surface area contributed by atoms with Crippen molar-refractivity contribution in [2.45, 2.75) is 46.0 Å². The van der Waals surface area contributed by atoms with E-state index in [1.54, 1.807) is 0 Å². The third-order valence-corrected chi connectivity index (χ3v) is 2.24. The highest BCUT2D eigenvalue weighted by molar-refractivity contribution is 5.12. The van der Waals surface area contributed by atoms with E-state index in [2.05, 4.69) is 19.1 Å². The quantitative estimate of drug-likeness (QED) is 0.586. The summed E-state index contributed by atoms with van der Waals surface area (Å²) in [6.07, 6.45) is 4.61. The van der Waals surface area contributed by atoms with Gasteiger partial charge in [0.2, 0.25) is 0 Å². The van der Waals surface area contributed by atoms with Crippen molar-refractivity contribution in [3.8, 4) is 12.1 Å². The maximum Gasteiger partial charge on any atom is 0.143 e. The SMILES string of the molecule is CCCCCC(C#N)(C#N)CC. The summed E-state index contributed by atoms with van der Waals surface area (Å²) in [4.78, 5) is 0. The van der Waals surface area contributed by atoms with E-state index < -0.39 is 5.41 Å². The molecule has 2 heteroatoms. The Morgan fingerprint density at radius 2 is 1.67 bits per heavy atom. The Balaban J connectivity index is 3.99. The molecule has 0 aromatic rings. The summed E-state index contributed by atoms with van der Waals surface area (Å²) in [5.74, 6) is 0. The molecule has 0 amide bonds. The average Bonchev–Trinajstić information content (AvgIpc) is 2.14. The number of nitriles is 2. The zero-order valence-corrected chi connectivity index (χ0v) is 7.93. The normalized spacial score (nSPS) is 10.3. The molecule has 0 saturated carbocycles. The Bertz CT molecular complexity index is 181. The standard InChI is InChI=1S/C10H16N2/c1-3-5-6-7-10(4-2,8-11)9-12/h3-7H2,1-2H3. The van der Waals surface area contributed by atoms with Crippen molar-refractivity contribution in [2.75, 3.05) is 0 Å². The Morgan fingerprint density at radius 1 is 1.08 bits per heavy atom. The summed E-state index contributed by atoms with van der Waals surface area (Å²) in [5.41, 5.74) is -0.713. The van der Waals surface area contributed by atoms with E-state index in [0.29, 0.717) is 6.42 Å². The smallest absolute Gasteiger partial charge is 0.143 e. The van der Waals surface area contributed by atoms with Crippen LogP contribution in [0.2, 0.25) is 0 Å². The van der Waals surface area contributed by atoms with Crippen LogP contribution >= 0.6 is 0 Å². The molecular formula is C10H16N2. The monoisotopic (exact) mass is 164 g/mol. The number of nitrogens with zero attached hydrogens (tertiary/aromatic N) is 2. The maximum atomic E-state index is 8.80. The van der Waals surface area contributed by atoms with Gasteiger partial charge >= 0.3 is 0 Å². The number of unbranched alkanes of at least 4 members (excludes halogenated alkanes) is 2. The predicted octanol–water partition coefficient (Wildman–Crippen LogP) is 3.01. The van der Waals surface area contributed by atoms with Gasteiger partial charge in [-0.15, -0.1) is 0 Å². The fourth-order valence-electron chi connectivity index (χ4n) is 1.15. The van der Waals surface area contributed by atoms with E-state index in [9.17, 15) is 0 Å². The molecule has 0 unspecified atom stereocenters. The molecule has 12 heavy (non-hydrogen) atoms. The molecule has 0 radical (unpaired) electrons. The van der Waals surface area contributed by atoms with Gasteiger partial charge in [-0.1, -0.05) is 33.1 Å². The van der Waals surface area contributed by atoms with Gasteiger partial charge in [-0.3, -0.25) is 0 Å². The van der Waals surface area contributed by atoms with Crippen LogP contribution in [0.4, 0.5) is 0 Å². The van der Waals surface area contributed by atoms with Crippen molar-refractivity contribution in [3.63, 3.8) is 0 Å². The van der Waals surface area contributed by atoms with Crippen molar-refractivity contribution >= 4 is 0 Å². The Labute approximate surface area is 74.8 Å². The molecule has 0 rings (SSSR count). The highest BCUT2D eigenvalue weighted by atomic mass is 14.4. The van der Waals surface area contributed by atoms with Crippen LogP contribution in [0.1, 0.15) is 46.0 Å². The van der Waals surface area contributed by atoms with Gasteiger partial charge in [0.1, 0.15) is 5.41 Å². The number of hydrogen-bond donors (Lipinski definition) is 0. The van der Waals surface area contributed by atoms with Crippen molar-refractivity contribution in [1.29, 1.82) is 10.5 Å². The molecule has 0 heterocycles. The summed E-state index contributed by atoms with van der Waals surface area (Å²) in [7, 11) is 0. The first-order valence-corrected chi connectivity index (χ1v) is 4.57. The Kier molecular flexibility index (Phi) is 5.13. The zero-order valence-electron chi connectivity index (χ0n) is 7.93. The van der Waals surface area contributed by atoms with E-state index >= 15 is 0 Å². The molecule has 0 fully saturated rings. The van der Waals surface area contributed by atoms with Gasteiger partial charge in [-0.25, -0.2) is 0 Å². The summed E-state index contributed by atoms with van der Waals surface area (Å²) in [6.45, 7) is 4.02. The van der Waals surface area contributed by atoms with Crippen molar-refractivity contribution in [3.05, 3.63) is 0 Å². The second-order valence-corrected chi connectivity index (χ2v) is 3.12. The zero-order chi connectivity index (χ0) is 9.45. The van der Waals surface area contributed by atoms with Crippen LogP contribution in [0, 0.1) is 28.1 Å². The van der Waals surface area contributed by atoms with E-state index in [4.69, 9.17) is 10.5 Å². The van der Waals surface area contributed by atoms with Crippen LogP contribution in [0.5, 0.6) is 0 Å². The Hall–Kier alpha value is -1.02. The first-order valence-electron chi connectivity index (χ1n) is 4.57. The number of rotatable bonds is 5. The lowest BCUT2D eigenvalue weighted by molar-refractivity contribution is 0.434. The van der Waals surface area contributed by atoms with Crippen molar-refractivity contribution in [1.82, 2.24) is 0 Å². The highest BCUT2D eigenvalue weighted by Gasteiger charge is 2.26. The van der Waals surface area contributed by atoms with Crippen molar-refractivity contribution in [2.24, 2.45) is 5.41 Å². The second-order valence-electron chi connectivity index (χ2n) is 3.12. The molecule has 2 nitrogen and oxygen atoms in total. The summed E-state index contributed by atoms with van der Waals surface area (Å²) >= 11 is 0. The van der Waals surface area contributed by atoms with Crippen LogP contribution < -0.4 is 0 Å². The van der Waals surface area contributed by atoms with Crippen LogP contribution in [0.25, 0.3) is 0 Å². The minimum Gasteiger partial charge on any atom is -0.197 e. The molecule has 66 valence electrons. The van der Waals surface area contributed by atoms with Crippen LogP contribution in [0.15, 0.2) is 0 Å². The minimum atomic E-state index is -0.713. The molecule has 0 aliphatic heterocycles. The fraction of sp³-hybridized carbons (Fsp3) is 0.800. The largest absolute Gasteiger partial charge is 0.197 e. The highest BCUT2D eigenvalue weighted by Crippen LogP contribution is 2.26. The van der Waals surface area contributed by atoms with Crippen molar-refractivity contribution < 1.29 is 0 Å². The average molecular weight is 164 g/mol. The number of hydrogen-bond acceptors (Lipinski definition) is 2. The van der Waals surface area contributed by atoms with Gasteiger partial charge in [-0.2, -0.15) is 10.5 Å². The third kappa shape index (κ3) is 2.93. The Morgan fingerprint density at radius 3 is 2.00 bits per heavy atom. The molecule has 0 aliphatic carbocycles. The summed E-state index contributed by atoms with van der Waals surface area (Å²) in [5, 5.41) is 17.6. The first-order chi connectivity index (χ1) is 5.74. The predicted molar refractivity (Wildman–Crippen MR) is 48.1 cm³/mol. The molecule has 0 aromatic heterocycles. The molecular weight excluding hydrogens is 148 g/mol. The molecule has 0 atom stereocenters. The fourth-order valence-corrected chi connectivity index (χ4v) is 1.15. The van der Waals surface area contributed by atoms with Crippen LogP contribution in [-0.2, 0) is 0 Å². The van der Waals surface area contributed by atoms with Gasteiger partial charge < -0.3 is 0 Å². The van der Waals surface area contributed by atoms with E-state index in [1.807, 2.05) is 6.92 Å². The van der Waals surface area contributed by atoms with Gasteiger partial charge in [0, 0.05) is 0 Å². The van der Waals surface area contributed by atoms with E-state index in [-0.39, 0.29) is 0 Å². The molecule has 0 aliphatic rings. The van der Waals surface area contributed by atoms with Crippen LogP contribution in [0.3, 0.4) is 0 Å². The summed E-state index contributed by atoms with van der Waals surface area (Å²) in [6, 6.07) is 4.23. The topological polar surface area (TPSA) is 47.6 Å². The van der Waals surface area contributed by atoms with Gasteiger partial charge in [0.15, 0.2) is 0 Å². The second kappa shape index (κ2) is 5.61. The molecule has 0 bridgehead atoms. The van der Waals surface area contributed by atoms with Crippen LogP contribution in [-0.4, -0.2) is 0 Å². The maximum absolute atomic E-state index is 8.80.